The molecule has 0 aliphatic rings. The van der Waals surface area contributed by atoms with Gasteiger partial charge in [0.25, 0.3) is 11.1 Å². The van der Waals surface area contributed by atoms with Crippen LogP contribution in [0.5, 0.6) is 0 Å². The van der Waals surface area contributed by atoms with Crippen LogP contribution in [0.25, 0.3) is 18.2 Å². The highest BCUT2D eigenvalue weighted by Gasteiger charge is 2.19. The number of aromatic nitrogens is 4. The second-order valence-electron chi connectivity index (χ2n) is 9.14. The Morgan fingerprint density at radius 2 is 1.57 bits per heavy atom. The molecule has 7 heteroatoms. The molecule has 0 fully saturated rings. The minimum atomic E-state index is -0.429. The molecule has 4 aromatic rings. The number of imidazole rings is 1. The van der Waals surface area contributed by atoms with Crippen LogP contribution in [0.1, 0.15) is 53.6 Å². The van der Waals surface area contributed by atoms with Gasteiger partial charge >= 0.3 is 0 Å². The molecule has 7 nitrogen and oxygen atoms in total. The SMILES string of the molecule is CC(C)(C)c1[nH]cnc1/C=c1\[nH]c(=O)/c(=C/C=C/c2cccc(C(=O)c3ccccc3)c2)[nH]c1=O. The van der Waals surface area contributed by atoms with Crippen molar-refractivity contribution in [1.29, 1.82) is 0 Å². The van der Waals surface area contributed by atoms with E-state index in [4.69, 9.17) is 0 Å². The average Bonchev–Trinajstić information content (AvgIpc) is 3.31. The molecule has 35 heavy (non-hydrogen) atoms. The molecular formula is C28H26N4O3. The van der Waals surface area contributed by atoms with Gasteiger partial charge in [-0.05, 0) is 23.8 Å². The summed E-state index contributed by atoms with van der Waals surface area (Å²) in [6.07, 6.45) is 8.06. The van der Waals surface area contributed by atoms with Crippen LogP contribution < -0.4 is 21.8 Å². The average molecular weight is 467 g/mol. The molecule has 0 aliphatic carbocycles. The Hall–Kier alpha value is -4.52. The van der Waals surface area contributed by atoms with Gasteiger partial charge < -0.3 is 15.0 Å². The largest absolute Gasteiger partial charge is 0.348 e. The lowest BCUT2D eigenvalue weighted by molar-refractivity contribution is 0.103. The van der Waals surface area contributed by atoms with E-state index in [0.717, 1.165) is 11.3 Å². The summed E-state index contributed by atoms with van der Waals surface area (Å²) in [5.74, 6) is -0.0658. The Bertz CT molecular complexity index is 1630. The van der Waals surface area contributed by atoms with Crippen molar-refractivity contribution in [3.8, 4) is 0 Å². The molecule has 0 atom stereocenters. The van der Waals surface area contributed by atoms with Crippen molar-refractivity contribution in [3.05, 3.63) is 126 Å². The van der Waals surface area contributed by atoms with Gasteiger partial charge in [0.1, 0.15) is 10.7 Å². The fourth-order valence-electron chi connectivity index (χ4n) is 3.66. The van der Waals surface area contributed by atoms with Gasteiger partial charge in [0.15, 0.2) is 5.78 Å². The van der Waals surface area contributed by atoms with Crippen molar-refractivity contribution in [1.82, 2.24) is 19.9 Å². The van der Waals surface area contributed by atoms with Crippen molar-refractivity contribution < 1.29 is 4.79 Å². The Morgan fingerprint density at radius 3 is 2.31 bits per heavy atom. The number of ketones is 1. The monoisotopic (exact) mass is 466 g/mol. The van der Waals surface area contributed by atoms with Gasteiger partial charge in [-0.2, -0.15) is 0 Å². The molecule has 0 saturated carbocycles. The van der Waals surface area contributed by atoms with Crippen LogP contribution in [0.15, 0.2) is 76.6 Å². The van der Waals surface area contributed by atoms with E-state index < -0.39 is 11.1 Å². The van der Waals surface area contributed by atoms with Crippen LogP contribution in [-0.4, -0.2) is 25.7 Å². The maximum atomic E-state index is 12.7. The predicted molar refractivity (Wildman–Crippen MR) is 138 cm³/mol. The minimum Gasteiger partial charge on any atom is -0.348 e. The molecule has 0 spiro atoms. The van der Waals surface area contributed by atoms with E-state index in [0.29, 0.717) is 16.8 Å². The first-order valence-corrected chi connectivity index (χ1v) is 11.2. The topological polar surface area (TPSA) is 111 Å². The number of carbonyl (C=O) groups is 1. The van der Waals surface area contributed by atoms with Crippen molar-refractivity contribution >= 4 is 24.0 Å². The van der Waals surface area contributed by atoms with E-state index in [1.165, 1.54) is 6.08 Å². The summed E-state index contributed by atoms with van der Waals surface area (Å²) in [6, 6.07) is 16.3. The second kappa shape index (κ2) is 9.77. The molecule has 2 aromatic heterocycles. The summed E-state index contributed by atoms with van der Waals surface area (Å²) in [5, 5.41) is 0.249. The molecular weight excluding hydrogens is 440 g/mol. The number of nitrogens with zero attached hydrogens (tertiary/aromatic N) is 1. The van der Waals surface area contributed by atoms with Gasteiger partial charge in [0.2, 0.25) is 0 Å². The standard InChI is InChI=1S/C28H26N4O3/c1-28(2,3)25-22(29-17-30-25)16-23-27(35)31-21(26(34)32-23)14-8-10-18-9-7-13-20(15-18)24(33)19-11-5-4-6-12-19/h4-17H,1-3H3,(H,29,30)(H,31,35)(H,32,34)/b10-8+,21-14-,23-16-. The van der Waals surface area contributed by atoms with Gasteiger partial charge in [-0.1, -0.05) is 81.5 Å². The van der Waals surface area contributed by atoms with Gasteiger partial charge in [-0.3, -0.25) is 14.4 Å². The quantitative estimate of drug-likeness (QED) is 0.393. The van der Waals surface area contributed by atoms with Crippen LogP contribution >= 0.6 is 0 Å². The first-order valence-electron chi connectivity index (χ1n) is 11.2. The minimum absolute atomic E-state index is 0.0658. The summed E-state index contributed by atoms with van der Waals surface area (Å²) in [7, 11) is 0. The molecule has 0 bridgehead atoms. The van der Waals surface area contributed by atoms with E-state index in [9.17, 15) is 14.4 Å². The molecule has 0 saturated heterocycles. The number of benzene rings is 2. The fourth-order valence-corrected chi connectivity index (χ4v) is 3.66. The highest BCUT2D eigenvalue weighted by atomic mass is 16.1. The number of carbonyl (C=O) groups excluding carboxylic acids is 1. The number of H-pyrrole nitrogens is 3. The number of aromatic amines is 3. The summed E-state index contributed by atoms with van der Waals surface area (Å²) < 4.78 is 0. The summed E-state index contributed by atoms with van der Waals surface area (Å²) in [4.78, 5) is 50.4. The van der Waals surface area contributed by atoms with Crippen molar-refractivity contribution in [2.75, 3.05) is 0 Å². The van der Waals surface area contributed by atoms with Crippen molar-refractivity contribution in [2.24, 2.45) is 0 Å². The zero-order chi connectivity index (χ0) is 25.0. The molecule has 176 valence electrons. The van der Waals surface area contributed by atoms with E-state index in [1.807, 2.05) is 45.0 Å². The number of nitrogens with one attached hydrogen (secondary N) is 3. The van der Waals surface area contributed by atoms with E-state index in [-0.39, 0.29) is 21.9 Å². The molecule has 4 rings (SSSR count). The summed E-state index contributed by atoms with van der Waals surface area (Å²) in [6.45, 7) is 6.09. The van der Waals surface area contributed by atoms with Crippen LogP contribution in [0.3, 0.4) is 0 Å². The third kappa shape index (κ3) is 5.52. The first kappa shape index (κ1) is 23.6. The number of hydrogen-bond acceptors (Lipinski definition) is 4. The zero-order valence-electron chi connectivity index (χ0n) is 19.8. The number of allylic oxidation sites excluding steroid dienone is 1. The van der Waals surface area contributed by atoms with E-state index in [1.54, 1.807) is 54.9 Å². The third-order valence-electron chi connectivity index (χ3n) is 5.42. The van der Waals surface area contributed by atoms with E-state index in [2.05, 4.69) is 19.9 Å². The Morgan fingerprint density at radius 1 is 0.886 bits per heavy atom. The van der Waals surface area contributed by atoms with Gasteiger partial charge in [-0.15, -0.1) is 0 Å². The molecule has 3 N–H and O–H groups in total. The molecule has 0 aliphatic heterocycles. The van der Waals surface area contributed by atoms with Crippen LogP contribution in [0.4, 0.5) is 0 Å². The van der Waals surface area contributed by atoms with Crippen LogP contribution in [0, 0.1) is 0 Å². The lowest BCUT2D eigenvalue weighted by atomic mass is 9.90. The molecule has 0 unspecified atom stereocenters. The number of hydrogen-bond donors (Lipinski definition) is 3. The van der Waals surface area contributed by atoms with Crippen LogP contribution in [-0.2, 0) is 5.41 Å². The Kier molecular flexibility index (Phi) is 6.59. The molecule has 2 aromatic carbocycles. The van der Waals surface area contributed by atoms with Crippen molar-refractivity contribution in [2.45, 2.75) is 26.2 Å². The third-order valence-corrected chi connectivity index (χ3v) is 5.42. The normalized spacial score (nSPS) is 13.0. The first-order chi connectivity index (χ1) is 16.7. The summed E-state index contributed by atoms with van der Waals surface area (Å²) in [5.41, 5.74) is 2.38. The van der Waals surface area contributed by atoms with Gasteiger partial charge in [0.05, 0.1) is 12.0 Å². The predicted octanol–water partition coefficient (Wildman–Crippen LogP) is 2.64. The highest BCUT2D eigenvalue weighted by molar-refractivity contribution is 6.09. The zero-order valence-corrected chi connectivity index (χ0v) is 19.8. The number of rotatable bonds is 5. The second-order valence-corrected chi connectivity index (χ2v) is 9.14. The maximum absolute atomic E-state index is 12.7. The lowest BCUT2D eigenvalue weighted by Crippen LogP contribution is -2.46. The van der Waals surface area contributed by atoms with Crippen LogP contribution in [0.2, 0.25) is 0 Å². The van der Waals surface area contributed by atoms with Gasteiger partial charge in [0, 0.05) is 22.2 Å². The molecule has 2 heterocycles. The smallest absolute Gasteiger partial charge is 0.272 e. The maximum Gasteiger partial charge on any atom is 0.272 e. The van der Waals surface area contributed by atoms with Gasteiger partial charge in [-0.25, -0.2) is 4.98 Å². The highest BCUT2D eigenvalue weighted by Crippen LogP contribution is 2.22. The van der Waals surface area contributed by atoms with E-state index >= 15 is 0 Å². The fraction of sp³-hybridized carbons (Fsp3) is 0.143. The Balaban J connectivity index is 1.61. The molecule has 0 radical (unpaired) electrons. The molecule has 0 amide bonds. The summed E-state index contributed by atoms with van der Waals surface area (Å²) >= 11 is 0. The van der Waals surface area contributed by atoms with Crippen molar-refractivity contribution in [3.63, 3.8) is 0 Å². The Labute approximate surface area is 201 Å². The lowest BCUT2D eigenvalue weighted by Gasteiger charge is -2.16.